The lowest BCUT2D eigenvalue weighted by molar-refractivity contribution is 0.0637. The van der Waals surface area contributed by atoms with Gasteiger partial charge in [-0.3, -0.25) is 14.9 Å². The first-order chi connectivity index (χ1) is 23.3. The van der Waals surface area contributed by atoms with Crippen LogP contribution in [0.25, 0.3) is 22.0 Å². The molecule has 4 heterocycles. The molecule has 0 radical (unpaired) electrons. The molecule has 1 atom stereocenters. The number of hydroxylamine groups is 1. The van der Waals surface area contributed by atoms with Crippen molar-refractivity contribution in [3.63, 3.8) is 0 Å². The highest BCUT2D eigenvalue weighted by molar-refractivity contribution is 7.88. The summed E-state index contributed by atoms with van der Waals surface area (Å²) in [5, 5.41) is 0.414. The van der Waals surface area contributed by atoms with Crippen LogP contribution in [0.3, 0.4) is 0 Å². The molecule has 0 aliphatic carbocycles. The quantitative estimate of drug-likeness (QED) is 0.206. The molecule has 2 aliphatic heterocycles. The van der Waals surface area contributed by atoms with E-state index in [-0.39, 0.29) is 53.8 Å². The van der Waals surface area contributed by atoms with E-state index >= 15 is 4.39 Å². The first kappa shape index (κ1) is 32.7. The van der Waals surface area contributed by atoms with Crippen molar-refractivity contribution in [3.05, 3.63) is 103 Å². The van der Waals surface area contributed by atoms with E-state index in [0.717, 1.165) is 29.0 Å². The zero-order chi connectivity index (χ0) is 34.7. The van der Waals surface area contributed by atoms with Gasteiger partial charge in [-0.1, -0.05) is 29.8 Å². The topological polar surface area (TPSA) is 130 Å². The lowest BCUT2D eigenvalue weighted by Crippen LogP contribution is -2.52. The molecule has 1 fully saturated rings. The van der Waals surface area contributed by atoms with E-state index in [0.29, 0.717) is 10.9 Å². The molecule has 3 aromatic carbocycles. The molecule has 1 saturated heterocycles. The Hall–Kier alpha value is -4.80. The van der Waals surface area contributed by atoms with Crippen LogP contribution >= 0.6 is 0 Å². The van der Waals surface area contributed by atoms with Gasteiger partial charge >= 0.3 is 16.1 Å². The Morgan fingerprint density at radius 3 is 2.24 bits per heavy atom. The maximum atomic E-state index is 16.3. The van der Waals surface area contributed by atoms with Crippen molar-refractivity contribution in [3.8, 4) is 11.1 Å². The number of nitrogens with zero attached hydrogens (tertiary/aromatic N) is 6. The van der Waals surface area contributed by atoms with E-state index in [9.17, 15) is 21.6 Å². The van der Waals surface area contributed by atoms with Crippen LogP contribution in [-0.2, 0) is 24.4 Å². The van der Waals surface area contributed by atoms with Crippen LogP contribution < -0.4 is 14.4 Å². The number of rotatable bonds is 7. The van der Waals surface area contributed by atoms with Crippen LogP contribution in [0, 0.1) is 12.7 Å². The Bertz CT molecular complexity index is 2340. The van der Waals surface area contributed by atoms with Crippen molar-refractivity contribution in [2.24, 2.45) is 0 Å². The van der Waals surface area contributed by atoms with E-state index in [1.54, 1.807) is 47.6 Å². The van der Waals surface area contributed by atoms with Crippen molar-refractivity contribution in [1.82, 2.24) is 18.9 Å². The lowest BCUT2D eigenvalue weighted by Gasteiger charge is -2.35. The van der Waals surface area contributed by atoms with Gasteiger partial charge < -0.3 is 4.90 Å². The van der Waals surface area contributed by atoms with Gasteiger partial charge in [0.1, 0.15) is 5.69 Å². The van der Waals surface area contributed by atoms with E-state index in [1.807, 2.05) is 19.1 Å². The van der Waals surface area contributed by atoms with Crippen LogP contribution in [0.2, 0.25) is 0 Å². The number of amides is 2. The van der Waals surface area contributed by atoms with E-state index < -0.39 is 36.6 Å². The number of quaternary nitrogens is 1. The number of aryl methyl sites for hydroxylation is 1. The second-order valence-electron chi connectivity index (χ2n) is 12.0. The van der Waals surface area contributed by atoms with Gasteiger partial charge in [0, 0.05) is 63.3 Å². The number of carbonyl (C=O) groups is 1. The number of benzene rings is 3. The number of sulfonamides is 1. The predicted octanol–water partition coefficient (Wildman–Crippen LogP) is 5.36. The fraction of sp³-hybridized carbons (Fsp3) is 0.206. The van der Waals surface area contributed by atoms with Gasteiger partial charge in [-0.05, 0) is 57.8 Å². The molecule has 0 bridgehead atoms. The zero-order valence-electron chi connectivity index (χ0n) is 26.8. The number of piperazine rings is 1. The van der Waals surface area contributed by atoms with Crippen molar-refractivity contribution >= 4 is 59.8 Å². The summed E-state index contributed by atoms with van der Waals surface area (Å²) in [6.07, 6.45) is 5.92. The summed E-state index contributed by atoms with van der Waals surface area (Å²) < 4.78 is 74.6. The molecule has 1 unspecified atom stereocenters. The second kappa shape index (κ2) is 12.0. The average molecular weight is 704 g/mol. The highest BCUT2D eigenvalue weighted by Gasteiger charge is 2.60. The first-order valence-electron chi connectivity index (χ1n) is 15.3. The molecule has 2 amide bonds. The van der Waals surface area contributed by atoms with E-state index in [2.05, 4.69) is 9.97 Å². The third kappa shape index (κ3) is 5.62. The number of halogens is 1. The fourth-order valence-electron chi connectivity index (χ4n) is 6.32. The average Bonchev–Trinajstić information content (AvgIpc) is 3.30. The first-order valence-corrected chi connectivity index (χ1v) is 18.6. The van der Waals surface area contributed by atoms with Gasteiger partial charge in [-0.2, -0.15) is 12.7 Å². The summed E-state index contributed by atoms with van der Waals surface area (Å²) in [7, 11) is -6.58. The SMILES string of the molecule is Cc1ccc(S(=O)(=O)O[N+]2(c3ccc(N4CCN(S(C)(=O)=O)CC4)c(F)c3)C(=O)N(C)c3cnc4ccc(-c5cccnc5)cc4c32)cc1. The van der Waals surface area contributed by atoms with Gasteiger partial charge in [-0.15, -0.1) is 0 Å². The molecule has 2 aliphatic rings. The predicted molar refractivity (Wildman–Crippen MR) is 185 cm³/mol. The minimum Gasteiger partial charge on any atom is -0.367 e. The Morgan fingerprint density at radius 1 is 0.857 bits per heavy atom. The number of urea groups is 1. The molecule has 49 heavy (non-hydrogen) atoms. The van der Waals surface area contributed by atoms with Gasteiger partial charge in [0.25, 0.3) is 0 Å². The Kier molecular flexibility index (Phi) is 7.99. The van der Waals surface area contributed by atoms with Crippen molar-refractivity contribution in [2.45, 2.75) is 11.8 Å². The summed E-state index contributed by atoms with van der Waals surface area (Å²) in [4.78, 5) is 26.1. The van der Waals surface area contributed by atoms with Crippen molar-refractivity contribution in [2.75, 3.05) is 49.3 Å². The summed E-state index contributed by atoms with van der Waals surface area (Å²) in [6, 6.07) is 18.2. The molecule has 0 spiro atoms. The second-order valence-corrected chi connectivity index (χ2v) is 15.6. The number of anilines is 2. The van der Waals surface area contributed by atoms with E-state index in [4.69, 9.17) is 4.28 Å². The highest BCUT2D eigenvalue weighted by Crippen LogP contribution is 2.53. The Morgan fingerprint density at radius 2 is 1.59 bits per heavy atom. The number of hydrogen-bond acceptors (Lipinski definition) is 9. The molecule has 2 aromatic heterocycles. The molecular formula is C34H32FN6O6S2+. The third-order valence-electron chi connectivity index (χ3n) is 8.91. The summed E-state index contributed by atoms with van der Waals surface area (Å²) in [5.74, 6) is -0.738. The van der Waals surface area contributed by atoms with Gasteiger partial charge in [-0.25, -0.2) is 17.6 Å². The minimum absolute atomic E-state index is 0.0958. The summed E-state index contributed by atoms with van der Waals surface area (Å²) >= 11 is 0. The van der Waals surface area contributed by atoms with Gasteiger partial charge in [0.05, 0.1) is 33.9 Å². The van der Waals surface area contributed by atoms with Gasteiger partial charge in [0.15, 0.2) is 11.5 Å². The van der Waals surface area contributed by atoms with Crippen molar-refractivity contribution < 1.29 is 30.3 Å². The standard InChI is InChI=1S/C34H32FN6O6S2/c1-23-6-10-27(11-7-23)49(45,46)47-41(26-9-13-31(29(35)20-26)39-15-17-40(18-16-39)48(3,43)44)33-28-19-24(25-5-4-14-36-21-25)8-12-30(28)37-22-32(33)38(2)34(41)42/h4-14,19-22H,15-18H2,1-3H3/q+1. The maximum Gasteiger partial charge on any atom is 0.468 e. The molecule has 7 rings (SSSR count). The fourth-order valence-corrected chi connectivity index (χ4v) is 8.22. The molecule has 0 N–H and O–H groups in total. The molecule has 12 nitrogen and oxygen atoms in total. The minimum atomic E-state index is -4.66. The normalized spacial score (nSPS) is 18.7. The maximum absolute atomic E-state index is 16.3. The molecular weight excluding hydrogens is 672 g/mol. The molecule has 0 saturated carbocycles. The molecule has 5 aromatic rings. The molecule has 15 heteroatoms. The van der Waals surface area contributed by atoms with Crippen molar-refractivity contribution in [1.29, 1.82) is 0 Å². The number of fused-ring (bicyclic) bond motifs is 3. The number of carbonyl (C=O) groups excluding carboxylic acids is 1. The monoisotopic (exact) mass is 703 g/mol. The zero-order valence-corrected chi connectivity index (χ0v) is 28.4. The van der Waals surface area contributed by atoms with Crippen LogP contribution in [0.5, 0.6) is 0 Å². The third-order valence-corrected chi connectivity index (χ3v) is 11.5. The van der Waals surface area contributed by atoms with Crippen LogP contribution in [0.1, 0.15) is 5.56 Å². The summed E-state index contributed by atoms with van der Waals surface area (Å²) in [6.45, 7) is 2.63. The van der Waals surface area contributed by atoms with Crippen LogP contribution in [0.4, 0.5) is 31.9 Å². The largest absolute Gasteiger partial charge is 0.468 e. The van der Waals surface area contributed by atoms with Crippen LogP contribution in [-0.4, -0.2) is 76.6 Å². The van der Waals surface area contributed by atoms with Crippen LogP contribution in [0.15, 0.2) is 96.3 Å². The van der Waals surface area contributed by atoms with E-state index in [1.165, 1.54) is 46.7 Å². The Balaban J connectivity index is 1.43. The van der Waals surface area contributed by atoms with Gasteiger partial charge in [0.2, 0.25) is 15.7 Å². The highest BCUT2D eigenvalue weighted by atomic mass is 32.2. The number of pyridine rings is 2. The lowest BCUT2D eigenvalue weighted by atomic mass is 10.0. The summed E-state index contributed by atoms with van der Waals surface area (Å²) in [5.41, 5.74) is 3.28. The number of aromatic nitrogens is 2. The smallest absolute Gasteiger partial charge is 0.367 e. The Labute approximate surface area is 283 Å². The number of hydrogen-bond donors (Lipinski definition) is 0. The molecule has 252 valence electrons.